The second kappa shape index (κ2) is 15.2. The van der Waals surface area contributed by atoms with Gasteiger partial charge in [0.25, 0.3) is 0 Å². The van der Waals surface area contributed by atoms with Crippen LogP contribution in [0.5, 0.6) is 0 Å². The Morgan fingerprint density at radius 3 is 1.94 bits per heavy atom. The minimum Gasteiger partial charge on any atom is -0.497 e. The molecule has 0 spiro atoms. The highest BCUT2D eigenvalue weighted by atomic mass is 16.5. The molecule has 0 amide bonds. The number of hydrogen-bond donors (Lipinski definition) is 1. The number of allylic oxidation sites excluding steroid dienone is 3. The third-order valence-electron chi connectivity index (χ3n) is 1.66. The van der Waals surface area contributed by atoms with Gasteiger partial charge in [-0.2, -0.15) is 0 Å². The molecule has 1 N–H and O–H groups in total. The van der Waals surface area contributed by atoms with Crippen LogP contribution in [0.25, 0.3) is 0 Å². The molecule has 0 bridgehead atoms. The number of rotatable bonds is 3. The Kier molecular flexibility index (Phi) is 15.7. The van der Waals surface area contributed by atoms with Crippen molar-refractivity contribution >= 4 is 0 Å². The molecule has 0 atom stereocenters. The lowest BCUT2D eigenvalue weighted by Crippen LogP contribution is -1.77. The number of ether oxygens (including phenoxy) is 1. The molecular weight excluding hydrogens is 224 g/mol. The minimum atomic E-state index is 0.250. The maximum absolute atomic E-state index is 7.57. The van der Waals surface area contributed by atoms with E-state index in [1.165, 1.54) is 5.56 Å². The van der Waals surface area contributed by atoms with Crippen LogP contribution < -0.4 is 0 Å². The van der Waals surface area contributed by atoms with Gasteiger partial charge in [-0.1, -0.05) is 55.1 Å². The molecule has 0 unspecified atom stereocenters. The van der Waals surface area contributed by atoms with Gasteiger partial charge in [0.1, 0.15) is 5.76 Å². The fourth-order valence-electron chi connectivity index (χ4n) is 0.870. The molecule has 0 heterocycles. The fourth-order valence-corrected chi connectivity index (χ4v) is 0.870. The summed E-state index contributed by atoms with van der Waals surface area (Å²) in [5.74, 6) is 0.736. The standard InChI is InChI=1S/C7H10O.C7H8.C2H6O/c1-4-6-7(5-2)8-3;1-7-5-3-2-4-6-7;1-2-3/h4-6H,1-2H2,3H3;2-6H,1H3;3H,2H2,1H3/b7-6+;;. The monoisotopic (exact) mass is 248 g/mol. The van der Waals surface area contributed by atoms with Gasteiger partial charge in [0.15, 0.2) is 0 Å². The van der Waals surface area contributed by atoms with Crippen LogP contribution in [0.1, 0.15) is 12.5 Å². The van der Waals surface area contributed by atoms with Crippen molar-refractivity contribution in [1.29, 1.82) is 0 Å². The van der Waals surface area contributed by atoms with Crippen LogP contribution in [-0.2, 0) is 4.74 Å². The van der Waals surface area contributed by atoms with E-state index in [2.05, 4.69) is 32.2 Å². The SMILES string of the molecule is C=C/C=C(\C=C)OC.CCO.Cc1ccccc1. The summed E-state index contributed by atoms with van der Waals surface area (Å²) < 4.78 is 4.81. The predicted molar refractivity (Wildman–Crippen MR) is 79.4 cm³/mol. The molecule has 18 heavy (non-hydrogen) atoms. The minimum absolute atomic E-state index is 0.250. The van der Waals surface area contributed by atoms with Gasteiger partial charge in [0, 0.05) is 6.61 Å². The lowest BCUT2D eigenvalue weighted by molar-refractivity contribution is 0.307. The summed E-state index contributed by atoms with van der Waals surface area (Å²) in [6, 6.07) is 10.3. The quantitative estimate of drug-likeness (QED) is 0.649. The highest BCUT2D eigenvalue weighted by Gasteiger charge is 1.79. The molecule has 1 rings (SSSR count). The summed E-state index contributed by atoms with van der Waals surface area (Å²) in [4.78, 5) is 0. The Morgan fingerprint density at radius 2 is 1.78 bits per heavy atom. The number of methoxy groups -OCH3 is 1. The topological polar surface area (TPSA) is 29.5 Å². The lowest BCUT2D eigenvalue weighted by Gasteiger charge is -1.94. The molecule has 0 fully saturated rings. The fraction of sp³-hybridized carbons (Fsp3) is 0.250. The number of benzene rings is 1. The van der Waals surface area contributed by atoms with Crippen LogP contribution >= 0.6 is 0 Å². The highest BCUT2D eigenvalue weighted by molar-refractivity contribution is 5.14. The molecule has 0 radical (unpaired) electrons. The van der Waals surface area contributed by atoms with Crippen molar-refractivity contribution in [2.24, 2.45) is 0 Å². The van der Waals surface area contributed by atoms with E-state index in [1.807, 2.05) is 18.2 Å². The average Bonchev–Trinajstić information content (AvgIpc) is 2.38. The molecule has 100 valence electrons. The van der Waals surface area contributed by atoms with Crippen molar-refractivity contribution in [3.8, 4) is 0 Å². The first-order valence-electron chi connectivity index (χ1n) is 5.77. The van der Waals surface area contributed by atoms with Crippen molar-refractivity contribution < 1.29 is 9.84 Å². The second-order valence-corrected chi connectivity index (χ2v) is 3.18. The van der Waals surface area contributed by atoms with E-state index < -0.39 is 0 Å². The van der Waals surface area contributed by atoms with Crippen LogP contribution in [0.15, 0.2) is 67.5 Å². The lowest BCUT2D eigenvalue weighted by atomic mass is 10.2. The zero-order valence-electron chi connectivity index (χ0n) is 11.6. The third kappa shape index (κ3) is 14.2. The van der Waals surface area contributed by atoms with Gasteiger partial charge in [-0.05, 0) is 26.0 Å². The molecule has 0 aliphatic rings. The normalized spacial score (nSPS) is 9.00. The molecule has 2 nitrogen and oxygen atoms in total. The van der Waals surface area contributed by atoms with Crippen LogP contribution in [0.3, 0.4) is 0 Å². The van der Waals surface area contributed by atoms with Gasteiger partial charge in [-0.3, -0.25) is 0 Å². The van der Waals surface area contributed by atoms with Gasteiger partial charge >= 0.3 is 0 Å². The predicted octanol–water partition coefficient (Wildman–Crippen LogP) is 3.88. The van der Waals surface area contributed by atoms with Crippen LogP contribution in [0.4, 0.5) is 0 Å². The summed E-state index contributed by atoms with van der Waals surface area (Å²) in [5, 5.41) is 7.57. The maximum Gasteiger partial charge on any atom is 0.118 e. The zero-order valence-corrected chi connectivity index (χ0v) is 11.6. The van der Waals surface area contributed by atoms with Gasteiger partial charge in [0.05, 0.1) is 7.11 Å². The van der Waals surface area contributed by atoms with E-state index in [0.717, 1.165) is 5.76 Å². The number of aliphatic hydroxyl groups excluding tert-OH is 1. The van der Waals surface area contributed by atoms with Crippen LogP contribution in [-0.4, -0.2) is 18.8 Å². The Bertz CT molecular complexity index is 326. The highest BCUT2D eigenvalue weighted by Crippen LogP contribution is 1.94. The Hall–Kier alpha value is -1.80. The number of aryl methyl sites for hydroxylation is 1. The van der Waals surface area contributed by atoms with Gasteiger partial charge in [-0.25, -0.2) is 0 Å². The largest absolute Gasteiger partial charge is 0.497 e. The van der Waals surface area contributed by atoms with E-state index in [1.54, 1.807) is 32.3 Å². The first kappa shape index (κ1) is 18.6. The molecule has 0 aliphatic heterocycles. The molecule has 0 saturated heterocycles. The van der Waals surface area contributed by atoms with Gasteiger partial charge < -0.3 is 9.84 Å². The van der Waals surface area contributed by atoms with Crippen LogP contribution in [0, 0.1) is 6.92 Å². The number of aliphatic hydroxyl groups is 1. The zero-order chi connectivity index (χ0) is 14.2. The molecule has 1 aromatic carbocycles. The first-order valence-corrected chi connectivity index (χ1v) is 5.77. The molecule has 0 saturated carbocycles. The van der Waals surface area contributed by atoms with E-state index >= 15 is 0 Å². The van der Waals surface area contributed by atoms with Gasteiger partial charge in [0.2, 0.25) is 0 Å². The van der Waals surface area contributed by atoms with Crippen molar-refractivity contribution in [2.75, 3.05) is 13.7 Å². The van der Waals surface area contributed by atoms with E-state index in [-0.39, 0.29) is 6.61 Å². The van der Waals surface area contributed by atoms with E-state index in [4.69, 9.17) is 9.84 Å². The Labute approximate surface area is 111 Å². The van der Waals surface area contributed by atoms with Crippen molar-refractivity contribution in [2.45, 2.75) is 13.8 Å². The Morgan fingerprint density at radius 1 is 1.28 bits per heavy atom. The van der Waals surface area contributed by atoms with Crippen molar-refractivity contribution in [1.82, 2.24) is 0 Å². The molecule has 0 aliphatic carbocycles. The third-order valence-corrected chi connectivity index (χ3v) is 1.66. The van der Waals surface area contributed by atoms with E-state index in [0.29, 0.717) is 0 Å². The van der Waals surface area contributed by atoms with E-state index in [9.17, 15) is 0 Å². The smallest absolute Gasteiger partial charge is 0.118 e. The molecule has 1 aromatic rings. The van der Waals surface area contributed by atoms with Crippen molar-refractivity contribution in [3.05, 3.63) is 73.0 Å². The second-order valence-electron chi connectivity index (χ2n) is 3.18. The summed E-state index contributed by atoms with van der Waals surface area (Å²) in [6.07, 6.45) is 5.02. The summed E-state index contributed by atoms with van der Waals surface area (Å²) in [5.41, 5.74) is 1.32. The first-order chi connectivity index (χ1) is 8.65. The summed E-state index contributed by atoms with van der Waals surface area (Å²) in [7, 11) is 1.59. The van der Waals surface area contributed by atoms with Crippen molar-refractivity contribution in [3.63, 3.8) is 0 Å². The number of hydrogen-bond acceptors (Lipinski definition) is 2. The average molecular weight is 248 g/mol. The molecule has 2 heteroatoms. The maximum atomic E-state index is 7.57. The molecule has 0 aromatic heterocycles. The van der Waals surface area contributed by atoms with Gasteiger partial charge in [-0.15, -0.1) is 0 Å². The Balaban J connectivity index is 0. The van der Waals surface area contributed by atoms with Crippen LogP contribution in [0.2, 0.25) is 0 Å². The summed E-state index contributed by atoms with van der Waals surface area (Å²) >= 11 is 0. The summed E-state index contributed by atoms with van der Waals surface area (Å²) in [6.45, 7) is 11.0. The molecular formula is C16H24O2.